The van der Waals surface area contributed by atoms with Crippen molar-refractivity contribution in [3.8, 4) is 22.3 Å². The second-order valence-electron chi connectivity index (χ2n) is 5.24. The van der Waals surface area contributed by atoms with Crippen LogP contribution in [0, 0.1) is 0 Å². The number of hydrogen-bond acceptors (Lipinski definition) is 1. The van der Waals surface area contributed by atoms with Crippen LogP contribution in [-0.4, -0.2) is 5.78 Å². The van der Waals surface area contributed by atoms with E-state index in [0.717, 1.165) is 22.3 Å². The summed E-state index contributed by atoms with van der Waals surface area (Å²) in [7, 11) is 0. The lowest BCUT2D eigenvalue weighted by molar-refractivity contribution is 0.103. The van der Waals surface area contributed by atoms with Crippen LogP contribution < -0.4 is 0 Å². The van der Waals surface area contributed by atoms with Gasteiger partial charge in [-0.1, -0.05) is 71.7 Å². The summed E-state index contributed by atoms with van der Waals surface area (Å²) < 4.78 is 0. The molecule has 0 heterocycles. The van der Waals surface area contributed by atoms with E-state index in [1.54, 1.807) is 0 Å². The van der Waals surface area contributed by atoms with Crippen LogP contribution in [0.25, 0.3) is 22.3 Å². The van der Waals surface area contributed by atoms with Crippen LogP contribution in [0.5, 0.6) is 0 Å². The minimum absolute atomic E-state index is 0.0213. The van der Waals surface area contributed by atoms with E-state index in [9.17, 15) is 4.79 Å². The van der Waals surface area contributed by atoms with E-state index in [4.69, 9.17) is 23.2 Å². The van der Waals surface area contributed by atoms with Gasteiger partial charge in [-0.05, 0) is 23.3 Å². The van der Waals surface area contributed by atoms with Crippen LogP contribution in [0.4, 0.5) is 0 Å². The Labute approximate surface area is 138 Å². The number of halogens is 2. The molecule has 0 aromatic heterocycles. The third-order valence-electron chi connectivity index (χ3n) is 3.97. The fraction of sp³-hybridized carbons (Fsp3) is 0. The molecule has 0 atom stereocenters. The van der Waals surface area contributed by atoms with Gasteiger partial charge in [0.2, 0.25) is 0 Å². The normalized spacial score (nSPS) is 11.4. The van der Waals surface area contributed by atoms with E-state index < -0.39 is 0 Å². The summed E-state index contributed by atoms with van der Waals surface area (Å²) in [5.74, 6) is -0.0213. The fourth-order valence-electron chi connectivity index (χ4n) is 2.89. The first-order valence-corrected chi connectivity index (χ1v) is 7.65. The van der Waals surface area contributed by atoms with Crippen LogP contribution in [-0.2, 0) is 0 Å². The van der Waals surface area contributed by atoms with Crippen molar-refractivity contribution in [2.45, 2.75) is 0 Å². The summed E-state index contributed by atoms with van der Waals surface area (Å²) in [5, 5.41) is 1.16. The molecule has 5 rings (SSSR count). The SMILES string of the molecule is O=C(c1ccccc1)c1cc2ccc1-c1c(Cl)ccc-2c1Cl. The Morgan fingerprint density at radius 2 is 1.55 bits per heavy atom. The Bertz CT molecular complexity index is 914. The molecule has 2 aliphatic carbocycles. The van der Waals surface area contributed by atoms with Crippen molar-refractivity contribution in [1.29, 1.82) is 0 Å². The zero-order valence-electron chi connectivity index (χ0n) is 11.4. The Hall–Kier alpha value is -2.09. The molecular formula is C19H10Cl2O. The number of fused-ring (bicyclic) bond motifs is 2. The molecular weight excluding hydrogens is 315 g/mol. The summed E-state index contributed by atoms with van der Waals surface area (Å²) in [6, 6.07) is 18.8. The van der Waals surface area contributed by atoms with E-state index in [0.29, 0.717) is 21.2 Å². The zero-order valence-corrected chi connectivity index (χ0v) is 12.9. The molecule has 106 valence electrons. The maximum absolute atomic E-state index is 12.9. The lowest BCUT2D eigenvalue weighted by Crippen LogP contribution is -2.03. The third kappa shape index (κ3) is 1.90. The van der Waals surface area contributed by atoms with Crippen LogP contribution >= 0.6 is 23.2 Å². The molecule has 0 saturated carbocycles. The lowest BCUT2D eigenvalue weighted by Gasteiger charge is -2.09. The Morgan fingerprint density at radius 1 is 0.818 bits per heavy atom. The molecule has 0 N–H and O–H groups in total. The summed E-state index contributed by atoms with van der Waals surface area (Å²) in [6.07, 6.45) is 0. The third-order valence-corrected chi connectivity index (χ3v) is 4.68. The van der Waals surface area contributed by atoms with Crippen molar-refractivity contribution in [1.82, 2.24) is 0 Å². The van der Waals surface area contributed by atoms with E-state index in [2.05, 4.69) is 0 Å². The van der Waals surface area contributed by atoms with E-state index in [-0.39, 0.29) is 5.78 Å². The number of carbonyl (C=O) groups excluding carboxylic acids is 1. The maximum atomic E-state index is 12.9. The molecule has 2 aliphatic rings. The van der Waals surface area contributed by atoms with Crippen molar-refractivity contribution >= 4 is 29.0 Å². The Kier molecular flexibility index (Phi) is 3.07. The molecule has 0 fully saturated rings. The van der Waals surface area contributed by atoms with Crippen LogP contribution in [0.15, 0.2) is 60.7 Å². The van der Waals surface area contributed by atoms with Crippen molar-refractivity contribution < 1.29 is 4.79 Å². The van der Waals surface area contributed by atoms with Gasteiger partial charge in [0.25, 0.3) is 0 Å². The highest BCUT2D eigenvalue weighted by Gasteiger charge is 2.24. The van der Waals surface area contributed by atoms with Gasteiger partial charge in [0.1, 0.15) is 0 Å². The largest absolute Gasteiger partial charge is 0.289 e. The molecule has 0 aliphatic heterocycles. The Morgan fingerprint density at radius 3 is 2.32 bits per heavy atom. The van der Waals surface area contributed by atoms with Crippen LogP contribution in [0.2, 0.25) is 10.0 Å². The van der Waals surface area contributed by atoms with Gasteiger partial charge in [0.05, 0.1) is 5.02 Å². The first-order chi connectivity index (χ1) is 10.7. The minimum atomic E-state index is -0.0213. The smallest absolute Gasteiger partial charge is 0.193 e. The second-order valence-corrected chi connectivity index (χ2v) is 6.02. The predicted molar refractivity (Wildman–Crippen MR) is 90.8 cm³/mol. The average molecular weight is 325 g/mol. The molecule has 3 aromatic carbocycles. The molecule has 3 heteroatoms. The first kappa shape index (κ1) is 13.6. The molecule has 22 heavy (non-hydrogen) atoms. The highest BCUT2D eigenvalue weighted by molar-refractivity contribution is 6.42. The molecule has 0 radical (unpaired) electrons. The second kappa shape index (κ2) is 4.98. The van der Waals surface area contributed by atoms with E-state index in [1.807, 2.05) is 60.7 Å². The highest BCUT2D eigenvalue weighted by atomic mass is 35.5. The van der Waals surface area contributed by atoms with Gasteiger partial charge >= 0.3 is 0 Å². The van der Waals surface area contributed by atoms with E-state index >= 15 is 0 Å². The lowest BCUT2D eigenvalue weighted by atomic mass is 9.95. The van der Waals surface area contributed by atoms with Gasteiger partial charge in [0, 0.05) is 27.3 Å². The van der Waals surface area contributed by atoms with Crippen molar-refractivity contribution in [2.24, 2.45) is 0 Å². The summed E-state index contributed by atoms with van der Waals surface area (Å²) in [6.45, 7) is 0. The van der Waals surface area contributed by atoms with Gasteiger partial charge in [-0.15, -0.1) is 0 Å². The summed E-state index contributed by atoms with van der Waals surface area (Å²) >= 11 is 12.8. The highest BCUT2D eigenvalue weighted by Crippen LogP contribution is 2.46. The Balaban J connectivity index is 2.00. The number of rotatable bonds is 2. The molecule has 0 unspecified atom stereocenters. The van der Waals surface area contributed by atoms with Crippen molar-refractivity contribution in [3.05, 3.63) is 81.8 Å². The fourth-order valence-corrected chi connectivity index (χ4v) is 3.57. The first-order valence-electron chi connectivity index (χ1n) is 6.89. The number of benzene rings is 3. The molecule has 3 aromatic rings. The summed E-state index contributed by atoms with van der Waals surface area (Å²) in [5.41, 5.74) is 4.65. The monoisotopic (exact) mass is 324 g/mol. The topological polar surface area (TPSA) is 17.1 Å². The van der Waals surface area contributed by atoms with Gasteiger partial charge in [0.15, 0.2) is 5.78 Å². The quantitative estimate of drug-likeness (QED) is 0.421. The predicted octanol–water partition coefficient (Wildman–Crippen LogP) is 5.87. The van der Waals surface area contributed by atoms with Crippen molar-refractivity contribution in [3.63, 3.8) is 0 Å². The maximum Gasteiger partial charge on any atom is 0.193 e. The molecule has 0 saturated heterocycles. The van der Waals surface area contributed by atoms with Gasteiger partial charge < -0.3 is 0 Å². The standard InChI is InChI=1S/C19H10Cl2O/c20-16-9-8-13-12-6-7-14(17(16)18(13)21)15(10-12)19(22)11-4-2-1-3-5-11/h1-10H. The molecule has 0 spiro atoms. The van der Waals surface area contributed by atoms with Crippen LogP contribution in [0.3, 0.4) is 0 Å². The van der Waals surface area contributed by atoms with Crippen LogP contribution in [0.1, 0.15) is 15.9 Å². The minimum Gasteiger partial charge on any atom is -0.289 e. The molecule has 4 bridgehead atoms. The zero-order chi connectivity index (χ0) is 15.3. The van der Waals surface area contributed by atoms with E-state index in [1.165, 1.54) is 0 Å². The van der Waals surface area contributed by atoms with Crippen molar-refractivity contribution in [2.75, 3.05) is 0 Å². The summed E-state index contributed by atoms with van der Waals surface area (Å²) in [4.78, 5) is 12.9. The van der Waals surface area contributed by atoms with Gasteiger partial charge in [-0.3, -0.25) is 4.79 Å². The van der Waals surface area contributed by atoms with Gasteiger partial charge in [-0.2, -0.15) is 0 Å². The van der Waals surface area contributed by atoms with Gasteiger partial charge in [-0.25, -0.2) is 0 Å². The number of ketones is 1. The molecule has 1 nitrogen and oxygen atoms in total. The number of carbonyl (C=O) groups is 1. The average Bonchev–Trinajstić information content (AvgIpc) is 2.68. The molecule has 0 amide bonds. The number of hydrogen-bond donors (Lipinski definition) is 0.